The number of imidazole rings is 1. The molecule has 0 radical (unpaired) electrons. The minimum absolute atomic E-state index is 0.270. The number of pyridine rings is 1. The van der Waals surface area contributed by atoms with Gasteiger partial charge in [-0.05, 0) is 38.5 Å². The Hall–Kier alpha value is -3.97. The van der Waals surface area contributed by atoms with E-state index in [1.165, 1.54) is 25.6 Å². The molecule has 4 rings (SSSR count). The molecule has 0 aliphatic carbocycles. The molecule has 0 aliphatic heterocycles. The second-order valence-corrected chi connectivity index (χ2v) is 8.22. The summed E-state index contributed by atoms with van der Waals surface area (Å²) in [5.74, 6) is 0.395. The molecule has 0 spiro atoms. The molecular weight excluding hydrogens is 428 g/mol. The van der Waals surface area contributed by atoms with Gasteiger partial charge in [0.2, 0.25) is 5.88 Å². The molecule has 32 heavy (non-hydrogen) atoms. The highest BCUT2D eigenvalue weighted by Crippen LogP contribution is 2.30. The van der Waals surface area contributed by atoms with E-state index in [1.54, 1.807) is 18.3 Å². The van der Waals surface area contributed by atoms with Crippen LogP contribution < -0.4 is 4.74 Å². The summed E-state index contributed by atoms with van der Waals surface area (Å²) < 4.78 is 12.0. The normalized spacial score (nSPS) is 11.6. The molecule has 0 fully saturated rings. The Morgan fingerprint density at radius 2 is 2.03 bits per heavy atom. The predicted molar refractivity (Wildman–Crippen MR) is 121 cm³/mol. The molecule has 0 aliphatic rings. The lowest BCUT2D eigenvalue weighted by atomic mass is 10.1. The number of aryl methyl sites for hydroxylation is 2. The molecule has 0 bridgehead atoms. The van der Waals surface area contributed by atoms with E-state index >= 15 is 0 Å². The summed E-state index contributed by atoms with van der Waals surface area (Å²) in [5, 5.41) is 11.3. The Labute approximate surface area is 188 Å². The van der Waals surface area contributed by atoms with E-state index < -0.39 is 5.97 Å². The number of thiazole rings is 1. The molecule has 4 heterocycles. The third-order valence-corrected chi connectivity index (χ3v) is 5.95. The highest BCUT2D eigenvalue weighted by atomic mass is 32.1. The number of esters is 1. The van der Waals surface area contributed by atoms with Gasteiger partial charge in [0.15, 0.2) is 5.69 Å². The first-order valence-electron chi connectivity index (χ1n) is 9.63. The molecule has 0 amide bonds. The molecule has 9 nitrogen and oxygen atoms in total. The minimum Gasteiger partial charge on any atom is -0.481 e. The summed E-state index contributed by atoms with van der Waals surface area (Å²) in [6, 6.07) is 5.88. The monoisotopic (exact) mass is 448 g/mol. The van der Waals surface area contributed by atoms with Gasteiger partial charge in [-0.1, -0.05) is 0 Å². The van der Waals surface area contributed by atoms with Crippen LogP contribution in [-0.2, 0) is 4.74 Å². The highest BCUT2D eigenvalue weighted by molar-refractivity contribution is 7.14. The second kappa shape index (κ2) is 8.28. The van der Waals surface area contributed by atoms with Gasteiger partial charge in [0.05, 0.1) is 42.0 Å². The number of hydrogen-bond donors (Lipinski definition) is 1. The van der Waals surface area contributed by atoms with E-state index in [-0.39, 0.29) is 5.69 Å². The summed E-state index contributed by atoms with van der Waals surface area (Å²) in [7, 11) is 2.87. The van der Waals surface area contributed by atoms with Crippen molar-refractivity contribution >= 4 is 40.0 Å². The maximum atomic E-state index is 12.2. The number of nitrogens with one attached hydrogen (secondary N) is 1. The molecule has 0 saturated heterocycles. The smallest absolute Gasteiger partial charge is 0.359 e. The van der Waals surface area contributed by atoms with Gasteiger partial charge in [0.1, 0.15) is 16.9 Å². The number of ether oxygens (including phenoxy) is 2. The number of methoxy groups -OCH3 is 2. The molecule has 1 N–H and O–H groups in total. The number of aromatic nitrogens is 5. The second-order valence-electron chi connectivity index (χ2n) is 7.04. The largest absolute Gasteiger partial charge is 0.481 e. The molecule has 0 saturated carbocycles. The minimum atomic E-state index is -0.488. The molecule has 0 unspecified atom stereocenters. The molecule has 162 valence electrons. The van der Waals surface area contributed by atoms with Gasteiger partial charge in [-0.3, -0.25) is 0 Å². The van der Waals surface area contributed by atoms with Crippen molar-refractivity contribution < 1.29 is 14.3 Å². The molecule has 4 aromatic heterocycles. The Kier molecular flexibility index (Phi) is 5.50. The Morgan fingerprint density at radius 3 is 2.72 bits per heavy atom. The number of H-pyrrole nitrogens is 1. The van der Waals surface area contributed by atoms with Crippen LogP contribution >= 0.6 is 11.3 Å². The summed E-state index contributed by atoms with van der Waals surface area (Å²) in [6.07, 6.45) is 3.39. The van der Waals surface area contributed by atoms with Crippen molar-refractivity contribution in [1.82, 2.24) is 24.5 Å². The highest BCUT2D eigenvalue weighted by Gasteiger charge is 2.22. The summed E-state index contributed by atoms with van der Waals surface area (Å²) >= 11 is 1.41. The van der Waals surface area contributed by atoms with Gasteiger partial charge in [0, 0.05) is 17.5 Å². The van der Waals surface area contributed by atoms with Crippen LogP contribution in [0.15, 0.2) is 18.3 Å². The molecule has 10 heteroatoms. The van der Waals surface area contributed by atoms with Crippen LogP contribution in [0.5, 0.6) is 5.88 Å². The first-order chi connectivity index (χ1) is 15.4. The SMILES string of the molecule is COC(=O)c1nc(C)sc1-n1c(C)cc(/C=C(\C#N)c2nc3cc(OC)ncc3[nH]2)c1C. The van der Waals surface area contributed by atoms with Crippen LogP contribution in [0.2, 0.25) is 0 Å². The van der Waals surface area contributed by atoms with Gasteiger partial charge in [-0.15, -0.1) is 11.3 Å². The van der Waals surface area contributed by atoms with Crippen LogP contribution in [0, 0.1) is 32.1 Å². The molecule has 4 aromatic rings. The summed E-state index contributed by atoms with van der Waals surface area (Å²) in [4.78, 5) is 28.4. The number of fused-ring (bicyclic) bond motifs is 1. The van der Waals surface area contributed by atoms with Crippen molar-refractivity contribution in [3.05, 3.63) is 51.8 Å². The van der Waals surface area contributed by atoms with Gasteiger partial charge in [-0.2, -0.15) is 5.26 Å². The number of rotatable bonds is 5. The quantitative estimate of drug-likeness (QED) is 0.362. The Balaban J connectivity index is 1.80. The van der Waals surface area contributed by atoms with Crippen LogP contribution in [0.4, 0.5) is 0 Å². The number of aromatic amines is 1. The first-order valence-corrected chi connectivity index (χ1v) is 10.4. The number of nitrogens with zero attached hydrogens (tertiary/aromatic N) is 5. The van der Waals surface area contributed by atoms with Crippen LogP contribution in [-0.4, -0.2) is 44.7 Å². The van der Waals surface area contributed by atoms with E-state index in [1.807, 2.05) is 31.4 Å². The number of nitriles is 1. The van der Waals surface area contributed by atoms with Gasteiger partial charge < -0.3 is 19.0 Å². The van der Waals surface area contributed by atoms with Gasteiger partial charge in [-0.25, -0.2) is 19.7 Å². The lowest BCUT2D eigenvalue weighted by molar-refractivity contribution is 0.0595. The standard InChI is InChI=1S/C22H20N6O3S/c1-11-6-14(12(2)28(11)21-19(22(29)31-5)25-13(3)32-21)7-15(9-23)20-26-16-8-18(30-4)24-10-17(16)27-20/h6-8,10H,1-5H3,(H,26,27)/b15-7+. The van der Waals surface area contributed by atoms with Crippen molar-refractivity contribution in [2.75, 3.05) is 14.2 Å². The van der Waals surface area contributed by atoms with Crippen molar-refractivity contribution in [2.45, 2.75) is 20.8 Å². The zero-order valence-electron chi connectivity index (χ0n) is 18.2. The lowest BCUT2D eigenvalue weighted by Gasteiger charge is -2.08. The Morgan fingerprint density at radius 1 is 1.25 bits per heavy atom. The van der Waals surface area contributed by atoms with Gasteiger partial charge >= 0.3 is 5.97 Å². The van der Waals surface area contributed by atoms with E-state index in [9.17, 15) is 10.1 Å². The third-order valence-electron chi connectivity index (χ3n) is 5.00. The Bertz CT molecular complexity index is 1420. The predicted octanol–water partition coefficient (Wildman–Crippen LogP) is 3.99. The fourth-order valence-corrected chi connectivity index (χ4v) is 4.50. The van der Waals surface area contributed by atoms with Crippen molar-refractivity contribution in [2.24, 2.45) is 0 Å². The van der Waals surface area contributed by atoms with E-state index in [4.69, 9.17) is 9.47 Å². The van der Waals surface area contributed by atoms with Crippen molar-refractivity contribution in [3.8, 4) is 17.0 Å². The average molecular weight is 449 g/mol. The maximum Gasteiger partial charge on any atom is 0.359 e. The van der Waals surface area contributed by atoms with E-state index in [0.29, 0.717) is 33.3 Å². The number of allylic oxidation sites excluding steroid dienone is 1. The number of carbonyl (C=O) groups excluding carboxylic acids is 1. The summed E-state index contributed by atoms with van der Waals surface area (Å²) in [5.41, 5.74) is 4.59. The lowest BCUT2D eigenvalue weighted by Crippen LogP contribution is -2.08. The van der Waals surface area contributed by atoms with Crippen molar-refractivity contribution in [1.29, 1.82) is 5.26 Å². The molecule has 0 aromatic carbocycles. The zero-order valence-corrected chi connectivity index (χ0v) is 19.0. The van der Waals surface area contributed by atoms with Crippen LogP contribution in [0.3, 0.4) is 0 Å². The molecule has 0 atom stereocenters. The topological polar surface area (TPSA) is 119 Å². The molecular formula is C22H20N6O3S. The summed E-state index contributed by atoms with van der Waals surface area (Å²) in [6.45, 7) is 5.71. The number of hydrogen-bond acceptors (Lipinski definition) is 8. The van der Waals surface area contributed by atoms with E-state index in [2.05, 4.69) is 26.0 Å². The average Bonchev–Trinajstić information content (AvgIpc) is 3.45. The first kappa shape index (κ1) is 21.3. The van der Waals surface area contributed by atoms with Crippen LogP contribution in [0.25, 0.3) is 27.7 Å². The fraction of sp³-hybridized carbons (Fsp3) is 0.227. The number of carbonyl (C=O) groups is 1. The van der Waals surface area contributed by atoms with Gasteiger partial charge in [0.25, 0.3) is 0 Å². The maximum absolute atomic E-state index is 12.2. The zero-order chi connectivity index (χ0) is 23.0. The fourth-order valence-electron chi connectivity index (χ4n) is 3.48. The van der Waals surface area contributed by atoms with Crippen molar-refractivity contribution in [3.63, 3.8) is 0 Å². The third kappa shape index (κ3) is 3.63. The van der Waals surface area contributed by atoms with E-state index in [0.717, 1.165) is 22.0 Å². The van der Waals surface area contributed by atoms with Crippen LogP contribution in [0.1, 0.15) is 38.3 Å².